The Bertz CT molecular complexity index is 408. The van der Waals surface area contributed by atoms with Gasteiger partial charge in [-0.3, -0.25) is 0 Å². The second-order valence-corrected chi connectivity index (χ2v) is 4.07. The van der Waals surface area contributed by atoms with Crippen molar-refractivity contribution in [1.29, 1.82) is 0 Å². The lowest BCUT2D eigenvalue weighted by atomic mass is 10.2. The monoisotopic (exact) mass is 241 g/mol. The molecule has 1 aromatic rings. The molecule has 16 heavy (non-hydrogen) atoms. The van der Waals surface area contributed by atoms with Gasteiger partial charge in [0.15, 0.2) is 6.10 Å². The molecule has 0 radical (unpaired) electrons. The van der Waals surface area contributed by atoms with Crippen LogP contribution in [-0.4, -0.2) is 25.3 Å². The van der Waals surface area contributed by atoms with Crippen LogP contribution in [-0.2, 0) is 4.74 Å². The molecule has 86 valence electrons. The maximum atomic E-state index is 10.8. The first-order valence-corrected chi connectivity index (χ1v) is 5.36. The molecule has 1 heterocycles. The summed E-state index contributed by atoms with van der Waals surface area (Å²) in [6, 6.07) is 5.40. The van der Waals surface area contributed by atoms with Crippen LogP contribution in [0.15, 0.2) is 18.2 Å². The van der Waals surface area contributed by atoms with Crippen molar-refractivity contribution >= 4 is 17.7 Å². The number of carbonyl (C=O) groups is 1. The number of aryl methyl sites for hydroxylation is 1. The van der Waals surface area contributed by atoms with Crippen LogP contribution < -0.4 is 10.1 Å². The minimum atomic E-state index is -0.388. The molecule has 0 saturated carbocycles. The molecule has 0 aromatic heterocycles. The Morgan fingerprint density at radius 1 is 1.62 bits per heavy atom. The van der Waals surface area contributed by atoms with Crippen molar-refractivity contribution in [2.24, 2.45) is 0 Å². The molecule has 1 N–H and O–H groups in total. The van der Waals surface area contributed by atoms with Crippen LogP contribution in [0.1, 0.15) is 5.56 Å². The molecule has 5 heteroatoms. The summed E-state index contributed by atoms with van der Waals surface area (Å²) in [5.74, 6) is 0.757. The first-order chi connectivity index (χ1) is 7.65. The normalized spacial score (nSPS) is 19.1. The van der Waals surface area contributed by atoms with E-state index in [1.165, 1.54) is 0 Å². The Balaban J connectivity index is 1.92. The molecule has 1 unspecified atom stereocenters. The largest absolute Gasteiger partial charge is 0.489 e. The average Bonchev–Trinajstić information content (AvgIpc) is 2.63. The van der Waals surface area contributed by atoms with Crippen molar-refractivity contribution in [2.45, 2.75) is 13.0 Å². The predicted octanol–water partition coefficient (Wildman–Crippen LogP) is 2.14. The number of amides is 1. The quantitative estimate of drug-likeness (QED) is 0.882. The van der Waals surface area contributed by atoms with Gasteiger partial charge in [-0.05, 0) is 30.7 Å². The van der Waals surface area contributed by atoms with Gasteiger partial charge in [-0.25, -0.2) is 4.79 Å². The molecule has 4 nitrogen and oxygen atoms in total. The van der Waals surface area contributed by atoms with E-state index >= 15 is 0 Å². The Kier molecular flexibility index (Phi) is 3.19. The minimum Gasteiger partial charge on any atom is -0.489 e. The summed E-state index contributed by atoms with van der Waals surface area (Å²) in [6.45, 7) is 2.76. The maximum absolute atomic E-state index is 10.8. The van der Waals surface area contributed by atoms with E-state index in [0.717, 1.165) is 11.3 Å². The van der Waals surface area contributed by atoms with Gasteiger partial charge in [0.25, 0.3) is 0 Å². The molecule has 1 amide bonds. The van der Waals surface area contributed by atoms with Crippen molar-refractivity contribution in [2.75, 3.05) is 13.2 Å². The minimum absolute atomic E-state index is 0.220. The third-order valence-corrected chi connectivity index (χ3v) is 2.54. The van der Waals surface area contributed by atoms with Gasteiger partial charge in [-0.1, -0.05) is 11.6 Å². The van der Waals surface area contributed by atoms with Gasteiger partial charge >= 0.3 is 6.09 Å². The standard InChI is InChI=1S/C11H12ClNO3/c1-7-4-8(12)2-3-10(7)15-6-9-5-13-11(14)16-9/h2-4,9H,5-6H2,1H3,(H,13,14). The SMILES string of the molecule is Cc1cc(Cl)ccc1OCC1CNC(=O)O1. The number of halogens is 1. The molecule has 0 aliphatic carbocycles. The van der Waals surface area contributed by atoms with Gasteiger partial charge in [-0.15, -0.1) is 0 Å². The molecule has 1 aliphatic heterocycles. The highest BCUT2D eigenvalue weighted by Gasteiger charge is 2.22. The zero-order valence-corrected chi connectivity index (χ0v) is 9.58. The van der Waals surface area contributed by atoms with Gasteiger partial charge in [0.2, 0.25) is 0 Å². The average molecular weight is 242 g/mol. The van der Waals surface area contributed by atoms with Gasteiger partial charge in [0.05, 0.1) is 6.54 Å². The molecule has 1 aromatic carbocycles. The highest BCUT2D eigenvalue weighted by Crippen LogP contribution is 2.22. The molecule has 1 saturated heterocycles. The summed E-state index contributed by atoms with van der Waals surface area (Å²) in [7, 11) is 0. The number of alkyl carbamates (subject to hydrolysis) is 1. The second kappa shape index (κ2) is 4.61. The molecular weight excluding hydrogens is 230 g/mol. The molecule has 1 atom stereocenters. The zero-order valence-electron chi connectivity index (χ0n) is 8.83. The van der Waals surface area contributed by atoms with Crippen molar-refractivity contribution in [1.82, 2.24) is 5.32 Å². The van der Waals surface area contributed by atoms with E-state index in [0.29, 0.717) is 18.2 Å². The summed E-state index contributed by atoms with van der Waals surface area (Å²) in [5, 5.41) is 3.25. The Hall–Kier alpha value is -1.42. The number of benzene rings is 1. The summed E-state index contributed by atoms with van der Waals surface area (Å²) in [4.78, 5) is 10.8. The fourth-order valence-electron chi connectivity index (χ4n) is 1.48. The fraction of sp³-hybridized carbons (Fsp3) is 0.364. The van der Waals surface area contributed by atoms with Crippen molar-refractivity contribution in [3.05, 3.63) is 28.8 Å². The summed E-state index contributed by atoms with van der Waals surface area (Å²) < 4.78 is 10.5. The summed E-state index contributed by atoms with van der Waals surface area (Å²) >= 11 is 5.83. The molecular formula is C11H12ClNO3. The predicted molar refractivity (Wildman–Crippen MR) is 60.0 cm³/mol. The van der Waals surface area contributed by atoms with Gasteiger partial charge in [0, 0.05) is 5.02 Å². The smallest absolute Gasteiger partial charge is 0.407 e. The van der Waals surface area contributed by atoms with Crippen LogP contribution in [0.3, 0.4) is 0 Å². The van der Waals surface area contributed by atoms with Gasteiger partial charge in [0.1, 0.15) is 12.4 Å². The number of hydrogen-bond donors (Lipinski definition) is 1. The topological polar surface area (TPSA) is 47.6 Å². The van der Waals surface area contributed by atoms with E-state index in [1.54, 1.807) is 6.07 Å². The number of nitrogens with one attached hydrogen (secondary N) is 1. The Morgan fingerprint density at radius 3 is 3.06 bits per heavy atom. The molecule has 0 spiro atoms. The molecule has 0 bridgehead atoms. The van der Waals surface area contributed by atoms with E-state index in [1.807, 2.05) is 19.1 Å². The van der Waals surface area contributed by atoms with Crippen molar-refractivity contribution in [3.8, 4) is 5.75 Å². The zero-order chi connectivity index (χ0) is 11.5. The van der Waals surface area contributed by atoms with E-state index in [2.05, 4.69) is 5.32 Å². The van der Waals surface area contributed by atoms with Crippen molar-refractivity contribution < 1.29 is 14.3 Å². The summed E-state index contributed by atoms with van der Waals surface area (Å²) in [6.07, 6.45) is -0.607. The first kappa shape index (κ1) is 11.1. The van der Waals surface area contributed by atoms with Crippen LogP contribution >= 0.6 is 11.6 Å². The highest BCUT2D eigenvalue weighted by molar-refractivity contribution is 6.30. The third-order valence-electron chi connectivity index (χ3n) is 2.31. The third kappa shape index (κ3) is 2.58. The van der Waals surface area contributed by atoms with E-state index in [-0.39, 0.29) is 12.2 Å². The highest BCUT2D eigenvalue weighted by atomic mass is 35.5. The maximum Gasteiger partial charge on any atom is 0.407 e. The van der Waals surface area contributed by atoms with Crippen LogP contribution in [0.4, 0.5) is 4.79 Å². The Morgan fingerprint density at radius 2 is 2.44 bits per heavy atom. The van der Waals surface area contributed by atoms with Crippen LogP contribution in [0, 0.1) is 6.92 Å². The summed E-state index contributed by atoms with van der Waals surface area (Å²) in [5.41, 5.74) is 0.963. The van der Waals surface area contributed by atoms with Crippen LogP contribution in [0.5, 0.6) is 5.75 Å². The van der Waals surface area contributed by atoms with E-state index in [4.69, 9.17) is 21.1 Å². The lowest BCUT2D eigenvalue weighted by Gasteiger charge is -2.12. The number of carbonyl (C=O) groups excluding carboxylic acids is 1. The first-order valence-electron chi connectivity index (χ1n) is 4.98. The molecule has 1 aliphatic rings. The van der Waals surface area contributed by atoms with Gasteiger partial charge in [-0.2, -0.15) is 0 Å². The van der Waals surface area contributed by atoms with Gasteiger partial charge < -0.3 is 14.8 Å². The molecule has 2 rings (SSSR count). The number of hydrogen-bond acceptors (Lipinski definition) is 3. The number of ether oxygens (including phenoxy) is 2. The number of cyclic esters (lactones) is 1. The second-order valence-electron chi connectivity index (χ2n) is 3.63. The van der Waals surface area contributed by atoms with Crippen LogP contribution in [0.25, 0.3) is 0 Å². The van der Waals surface area contributed by atoms with Crippen LogP contribution in [0.2, 0.25) is 5.02 Å². The fourth-order valence-corrected chi connectivity index (χ4v) is 1.71. The Labute approximate surface area is 98.5 Å². The molecule has 1 fully saturated rings. The lowest BCUT2D eigenvalue weighted by Crippen LogP contribution is -2.22. The van der Waals surface area contributed by atoms with E-state index < -0.39 is 0 Å². The lowest BCUT2D eigenvalue weighted by molar-refractivity contribution is 0.104. The van der Waals surface area contributed by atoms with E-state index in [9.17, 15) is 4.79 Å². The number of rotatable bonds is 3. The van der Waals surface area contributed by atoms with Crippen molar-refractivity contribution in [3.63, 3.8) is 0 Å².